The Labute approximate surface area is 159 Å². The van der Waals surface area contributed by atoms with Crippen molar-refractivity contribution in [1.82, 2.24) is 9.62 Å². The minimum absolute atomic E-state index is 0.0892. The van der Waals surface area contributed by atoms with Crippen molar-refractivity contribution in [2.75, 3.05) is 45.2 Å². The third-order valence-electron chi connectivity index (χ3n) is 4.67. The zero-order valence-electron chi connectivity index (χ0n) is 15.4. The molecule has 0 saturated carbocycles. The molecule has 0 unspecified atom stereocenters. The largest absolute Gasteiger partial charge is 0.497 e. The summed E-state index contributed by atoms with van der Waals surface area (Å²) < 4.78 is 31.1. The molecule has 0 aromatic heterocycles. The summed E-state index contributed by atoms with van der Waals surface area (Å²) in [5.41, 5.74) is 1.56. The highest BCUT2D eigenvalue weighted by Crippen LogP contribution is 2.22. The number of sulfonamides is 1. The van der Waals surface area contributed by atoms with Gasteiger partial charge in [-0.2, -0.15) is 0 Å². The van der Waals surface area contributed by atoms with E-state index in [1.807, 2.05) is 24.3 Å². The van der Waals surface area contributed by atoms with Gasteiger partial charge in [-0.25, -0.2) is 13.1 Å². The first kappa shape index (κ1) is 19.2. The number of piperazine rings is 1. The second-order valence-electron chi connectivity index (χ2n) is 6.21. The Kier molecular flexibility index (Phi) is 5.67. The van der Waals surface area contributed by atoms with Crippen LogP contribution in [-0.2, 0) is 10.0 Å². The lowest BCUT2D eigenvalue weighted by molar-refractivity contribution is 0.0746. The number of nitrogens with zero attached hydrogens (tertiary/aromatic N) is 2. The van der Waals surface area contributed by atoms with Crippen LogP contribution < -0.4 is 14.4 Å². The molecule has 2 aromatic rings. The number of benzene rings is 2. The van der Waals surface area contributed by atoms with E-state index in [4.69, 9.17) is 4.74 Å². The topological polar surface area (TPSA) is 79.0 Å². The third kappa shape index (κ3) is 4.23. The maximum Gasteiger partial charge on any atom is 0.253 e. The van der Waals surface area contributed by atoms with Gasteiger partial charge in [-0.1, -0.05) is 6.07 Å². The molecule has 8 heteroatoms. The van der Waals surface area contributed by atoms with Crippen LogP contribution in [0.25, 0.3) is 0 Å². The Morgan fingerprint density at radius 1 is 1.04 bits per heavy atom. The molecule has 2 aromatic carbocycles. The van der Waals surface area contributed by atoms with Gasteiger partial charge in [0.05, 0.1) is 12.0 Å². The number of amides is 1. The Bertz CT molecular complexity index is 905. The van der Waals surface area contributed by atoms with E-state index < -0.39 is 10.0 Å². The maximum absolute atomic E-state index is 12.7. The van der Waals surface area contributed by atoms with Crippen molar-refractivity contribution in [3.05, 3.63) is 54.1 Å². The van der Waals surface area contributed by atoms with Gasteiger partial charge in [0.25, 0.3) is 5.91 Å². The number of rotatable bonds is 5. The Balaban J connectivity index is 1.64. The lowest BCUT2D eigenvalue weighted by Gasteiger charge is -2.36. The van der Waals surface area contributed by atoms with E-state index in [0.29, 0.717) is 18.7 Å². The number of nitrogens with one attached hydrogen (secondary N) is 1. The van der Waals surface area contributed by atoms with Gasteiger partial charge in [-0.15, -0.1) is 0 Å². The van der Waals surface area contributed by atoms with Crippen LogP contribution in [0, 0.1) is 0 Å². The summed E-state index contributed by atoms with van der Waals surface area (Å²) in [5.74, 6) is 0.719. The van der Waals surface area contributed by atoms with Crippen LogP contribution in [0.15, 0.2) is 53.4 Å². The lowest BCUT2D eigenvalue weighted by Crippen LogP contribution is -2.48. The predicted molar refractivity (Wildman–Crippen MR) is 104 cm³/mol. The monoisotopic (exact) mass is 389 g/mol. The number of methoxy groups -OCH3 is 1. The molecule has 0 atom stereocenters. The maximum atomic E-state index is 12.7. The standard InChI is InChI=1S/C19H23N3O4S/c1-20-27(24,25)18-8-6-15(7-9-18)19(23)22-12-10-21(11-13-22)16-4-3-5-17(14-16)26-2/h3-9,14,20H,10-13H2,1-2H3. The molecular weight excluding hydrogens is 366 g/mol. The first-order valence-corrected chi connectivity index (χ1v) is 10.1. The normalized spacial score (nSPS) is 14.9. The first-order chi connectivity index (χ1) is 12.9. The number of carbonyl (C=O) groups is 1. The van der Waals surface area contributed by atoms with Crippen LogP contribution >= 0.6 is 0 Å². The highest BCUT2D eigenvalue weighted by Gasteiger charge is 2.23. The van der Waals surface area contributed by atoms with E-state index in [2.05, 4.69) is 9.62 Å². The fraction of sp³-hybridized carbons (Fsp3) is 0.316. The highest BCUT2D eigenvalue weighted by atomic mass is 32.2. The van der Waals surface area contributed by atoms with E-state index in [9.17, 15) is 13.2 Å². The zero-order chi connectivity index (χ0) is 19.4. The number of anilines is 1. The van der Waals surface area contributed by atoms with E-state index in [1.54, 1.807) is 24.1 Å². The summed E-state index contributed by atoms with van der Waals surface area (Å²) in [6.07, 6.45) is 0. The molecule has 1 saturated heterocycles. The molecule has 144 valence electrons. The number of hydrogen-bond donors (Lipinski definition) is 1. The Morgan fingerprint density at radius 2 is 1.70 bits per heavy atom. The molecule has 1 amide bonds. The third-order valence-corrected chi connectivity index (χ3v) is 6.10. The fourth-order valence-corrected chi connectivity index (χ4v) is 3.78. The van der Waals surface area contributed by atoms with Crippen molar-refractivity contribution in [3.63, 3.8) is 0 Å². The second kappa shape index (κ2) is 7.98. The van der Waals surface area contributed by atoms with Gasteiger partial charge in [0.2, 0.25) is 10.0 Å². The number of ether oxygens (including phenoxy) is 1. The molecule has 3 rings (SSSR count). The van der Waals surface area contributed by atoms with E-state index in [1.165, 1.54) is 19.2 Å². The molecule has 0 aliphatic carbocycles. The molecule has 0 spiro atoms. The van der Waals surface area contributed by atoms with E-state index in [0.717, 1.165) is 24.5 Å². The quantitative estimate of drug-likeness (QED) is 0.840. The number of hydrogen-bond acceptors (Lipinski definition) is 5. The fourth-order valence-electron chi connectivity index (χ4n) is 3.05. The average Bonchev–Trinajstić information content (AvgIpc) is 2.73. The summed E-state index contributed by atoms with van der Waals surface area (Å²) >= 11 is 0. The predicted octanol–water partition coefficient (Wildman–Crippen LogP) is 1.57. The molecule has 27 heavy (non-hydrogen) atoms. The molecule has 1 heterocycles. The Morgan fingerprint density at radius 3 is 2.30 bits per heavy atom. The van der Waals surface area contributed by atoms with Crippen LogP contribution in [-0.4, -0.2) is 59.6 Å². The summed E-state index contributed by atoms with van der Waals surface area (Å²) in [6.45, 7) is 2.66. The van der Waals surface area contributed by atoms with Crippen LogP contribution in [0.4, 0.5) is 5.69 Å². The molecule has 1 N–H and O–H groups in total. The van der Waals surface area contributed by atoms with Crippen LogP contribution in [0.3, 0.4) is 0 Å². The van der Waals surface area contributed by atoms with Gasteiger partial charge in [0.15, 0.2) is 0 Å². The van der Waals surface area contributed by atoms with Gasteiger partial charge in [-0.05, 0) is 43.4 Å². The molecular formula is C19H23N3O4S. The summed E-state index contributed by atoms with van der Waals surface area (Å²) in [4.78, 5) is 16.8. The highest BCUT2D eigenvalue weighted by molar-refractivity contribution is 7.89. The lowest BCUT2D eigenvalue weighted by atomic mass is 10.1. The van der Waals surface area contributed by atoms with Crippen LogP contribution in [0.1, 0.15) is 10.4 Å². The van der Waals surface area contributed by atoms with E-state index >= 15 is 0 Å². The molecule has 7 nitrogen and oxygen atoms in total. The van der Waals surface area contributed by atoms with Gasteiger partial charge in [0, 0.05) is 43.5 Å². The van der Waals surface area contributed by atoms with Crippen molar-refractivity contribution in [2.45, 2.75) is 4.90 Å². The van der Waals surface area contributed by atoms with Gasteiger partial charge < -0.3 is 14.5 Å². The Hall–Kier alpha value is -2.58. The molecule has 1 aliphatic rings. The van der Waals surface area contributed by atoms with Gasteiger partial charge in [0.1, 0.15) is 5.75 Å². The molecule has 0 bridgehead atoms. The van der Waals surface area contributed by atoms with Crippen LogP contribution in [0.2, 0.25) is 0 Å². The molecule has 1 aliphatic heterocycles. The van der Waals surface area contributed by atoms with Gasteiger partial charge in [-0.3, -0.25) is 4.79 Å². The van der Waals surface area contributed by atoms with Crippen molar-refractivity contribution in [1.29, 1.82) is 0 Å². The SMILES string of the molecule is CNS(=O)(=O)c1ccc(C(=O)N2CCN(c3cccc(OC)c3)CC2)cc1. The van der Waals surface area contributed by atoms with Crippen molar-refractivity contribution < 1.29 is 17.9 Å². The van der Waals surface area contributed by atoms with Gasteiger partial charge >= 0.3 is 0 Å². The first-order valence-electron chi connectivity index (χ1n) is 8.66. The second-order valence-corrected chi connectivity index (χ2v) is 8.10. The summed E-state index contributed by atoms with van der Waals surface area (Å²) in [5, 5.41) is 0. The van der Waals surface area contributed by atoms with Crippen LogP contribution in [0.5, 0.6) is 5.75 Å². The summed E-state index contributed by atoms with van der Waals surface area (Å²) in [7, 11) is -0.502. The zero-order valence-corrected chi connectivity index (χ0v) is 16.2. The van der Waals surface area contributed by atoms with E-state index in [-0.39, 0.29) is 10.8 Å². The average molecular weight is 389 g/mol. The van der Waals surface area contributed by atoms with Crippen molar-refractivity contribution in [3.8, 4) is 5.75 Å². The van der Waals surface area contributed by atoms with Crippen molar-refractivity contribution >= 4 is 21.6 Å². The minimum atomic E-state index is -3.50. The molecule has 0 radical (unpaired) electrons. The molecule has 1 fully saturated rings. The van der Waals surface area contributed by atoms with Crippen molar-refractivity contribution in [2.24, 2.45) is 0 Å². The minimum Gasteiger partial charge on any atom is -0.497 e. The summed E-state index contributed by atoms with van der Waals surface area (Å²) in [6, 6.07) is 13.9. The number of carbonyl (C=O) groups excluding carboxylic acids is 1. The smallest absolute Gasteiger partial charge is 0.253 e.